The predicted molar refractivity (Wildman–Crippen MR) is 144 cm³/mol. The van der Waals surface area contributed by atoms with Crippen molar-refractivity contribution < 1.29 is 14.3 Å². The van der Waals surface area contributed by atoms with Gasteiger partial charge < -0.3 is 14.9 Å². The molecular formula is C29H28FN7O2. The van der Waals surface area contributed by atoms with Crippen molar-refractivity contribution in [1.82, 2.24) is 24.4 Å². The van der Waals surface area contributed by atoms with Gasteiger partial charge in [0.15, 0.2) is 5.65 Å². The molecular weight excluding hydrogens is 497 g/mol. The molecule has 1 aliphatic carbocycles. The first-order valence-corrected chi connectivity index (χ1v) is 13.1. The molecule has 4 aromatic rings. The van der Waals surface area contributed by atoms with Crippen LogP contribution in [0.4, 0.5) is 10.2 Å². The van der Waals surface area contributed by atoms with Gasteiger partial charge in [-0.1, -0.05) is 18.2 Å². The molecule has 2 atom stereocenters. The SMILES string of the molecule is C[C@@H]1CN(c2ncnc3c2c(-c2ccccc2F)cn3-c2cc(C#N)ccn2)[C@@H](C)CN1C(=O)C1(O)CCC1. The number of hydrogen-bond acceptors (Lipinski definition) is 7. The molecule has 1 amide bonds. The molecule has 0 spiro atoms. The molecule has 4 heterocycles. The Morgan fingerprint density at radius 1 is 1.10 bits per heavy atom. The van der Waals surface area contributed by atoms with E-state index in [-0.39, 0.29) is 23.8 Å². The van der Waals surface area contributed by atoms with Crippen LogP contribution in [0.5, 0.6) is 0 Å². The molecule has 1 saturated heterocycles. The summed E-state index contributed by atoms with van der Waals surface area (Å²) in [6.07, 6.45) is 6.66. The van der Waals surface area contributed by atoms with E-state index in [9.17, 15) is 15.2 Å². The van der Waals surface area contributed by atoms with Crippen molar-refractivity contribution in [3.63, 3.8) is 0 Å². The standard InChI is InChI=1S/C29H28FN7O2/c1-18-15-36(28(38)29(39)9-5-10-29)19(2)14-35(18)26-25-22(21-6-3-4-7-23(21)30)16-37(27(25)34-17-33-26)24-12-20(13-31)8-11-32-24/h3-4,6-8,11-12,16-19,39H,5,9-10,14-15H2,1-2H3/t18-,19+/m0/s1. The van der Waals surface area contributed by atoms with Gasteiger partial charge in [0.1, 0.15) is 29.4 Å². The number of nitriles is 1. The summed E-state index contributed by atoms with van der Waals surface area (Å²) in [5, 5.41) is 20.8. The summed E-state index contributed by atoms with van der Waals surface area (Å²) in [7, 11) is 0. The number of aromatic nitrogens is 4. The van der Waals surface area contributed by atoms with Crippen LogP contribution in [-0.2, 0) is 4.79 Å². The van der Waals surface area contributed by atoms with Gasteiger partial charge in [0.05, 0.1) is 17.0 Å². The third-order valence-corrected chi connectivity index (χ3v) is 7.95. The number of amides is 1. The lowest BCUT2D eigenvalue weighted by atomic mass is 9.78. The lowest BCUT2D eigenvalue weighted by molar-refractivity contribution is -0.163. The van der Waals surface area contributed by atoms with Crippen molar-refractivity contribution in [3.05, 3.63) is 66.5 Å². The highest BCUT2D eigenvalue weighted by Gasteiger charge is 2.47. The number of carbonyl (C=O) groups is 1. The highest BCUT2D eigenvalue weighted by atomic mass is 19.1. The average molecular weight is 526 g/mol. The second kappa shape index (κ2) is 9.43. The van der Waals surface area contributed by atoms with Crippen LogP contribution in [0.2, 0.25) is 0 Å². The quantitative estimate of drug-likeness (QED) is 0.431. The smallest absolute Gasteiger partial charge is 0.254 e. The Kier molecular flexibility index (Phi) is 6.03. The number of pyridine rings is 1. The molecule has 2 fully saturated rings. The van der Waals surface area contributed by atoms with Gasteiger partial charge in [-0.3, -0.25) is 9.36 Å². The van der Waals surface area contributed by atoms with E-state index in [4.69, 9.17) is 0 Å². The molecule has 2 aliphatic rings. The first kappa shape index (κ1) is 24.9. The minimum absolute atomic E-state index is 0.121. The number of benzene rings is 1. The first-order chi connectivity index (χ1) is 18.8. The second-order valence-electron chi connectivity index (χ2n) is 10.5. The van der Waals surface area contributed by atoms with Crippen molar-refractivity contribution in [1.29, 1.82) is 5.26 Å². The average Bonchev–Trinajstić information content (AvgIpc) is 3.32. The normalized spacial score (nSPS) is 20.5. The summed E-state index contributed by atoms with van der Waals surface area (Å²) >= 11 is 0. The number of hydrogen-bond donors (Lipinski definition) is 1. The van der Waals surface area contributed by atoms with Gasteiger partial charge in [-0.15, -0.1) is 0 Å². The summed E-state index contributed by atoms with van der Waals surface area (Å²) in [5.41, 5.74) is 0.724. The molecule has 0 unspecified atom stereocenters. The van der Waals surface area contributed by atoms with Crippen molar-refractivity contribution in [2.75, 3.05) is 18.0 Å². The van der Waals surface area contributed by atoms with Gasteiger partial charge in [-0.25, -0.2) is 19.3 Å². The van der Waals surface area contributed by atoms with Gasteiger partial charge in [0, 0.05) is 48.7 Å². The topological polar surface area (TPSA) is 111 Å². The molecule has 10 heteroatoms. The number of nitrogens with zero attached hydrogens (tertiary/aromatic N) is 7. The lowest BCUT2D eigenvalue weighted by Crippen LogP contribution is -2.64. The van der Waals surface area contributed by atoms with Gasteiger partial charge in [-0.2, -0.15) is 5.26 Å². The fourth-order valence-corrected chi connectivity index (χ4v) is 5.64. The van der Waals surface area contributed by atoms with E-state index in [1.807, 2.05) is 13.8 Å². The maximum Gasteiger partial charge on any atom is 0.254 e. The largest absolute Gasteiger partial charge is 0.380 e. The van der Waals surface area contributed by atoms with Crippen LogP contribution in [0.3, 0.4) is 0 Å². The van der Waals surface area contributed by atoms with Gasteiger partial charge in [-0.05, 0) is 51.3 Å². The van der Waals surface area contributed by atoms with E-state index in [1.165, 1.54) is 12.4 Å². The number of aliphatic hydroxyl groups is 1. The fourth-order valence-electron chi connectivity index (χ4n) is 5.64. The molecule has 1 aromatic carbocycles. The van der Waals surface area contributed by atoms with Crippen LogP contribution in [0, 0.1) is 17.1 Å². The summed E-state index contributed by atoms with van der Waals surface area (Å²) in [5.74, 6) is 0.525. The molecule has 9 nitrogen and oxygen atoms in total. The van der Waals surface area contributed by atoms with E-state index in [2.05, 4.69) is 25.9 Å². The molecule has 39 heavy (non-hydrogen) atoms. The van der Waals surface area contributed by atoms with E-state index >= 15 is 4.39 Å². The number of halogens is 1. The van der Waals surface area contributed by atoms with Gasteiger partial charge in [0.2, 0.25) is 0 Å². The molecule has 198 valence electrons. The van der Waals surface area contributed by atoms with Crippen molar-refractivity contribution >= 4 is 22.8 Å². The van der Waals surface area contributed by atoms with Crippen LogP contribution >= 0.6 is 0 Å². The van der Waals surface area contributed by atoms with Crippen LogP contribution in [0.1, 0.15) is 38.7 Å². The number of piperazine rings is 1. The maximum absolute atomic E-state index is 15.1. The van der Waals surface area contributed by atoms with Crippen molar-refractivity contribution in [2.24, 2.45) is 0 Å². The van der Waals surface area contributed by atoms with Crippen molar-refractivity contribution in [3.8, 4) is 23.0 Å². The van der Waals surface area contributed by atoms with Crippen molar-refractivity contribution in [2.45, 2.75) is 50.8 Å². The third kappa shape index (κ3) is 4.10. The predicted octanol–water partition coefficient (Wildman–Crippen LogP) is 3.83. The lowest BCUT2D eigenvalue weighted by Gasteiger charge is -2.48. The minimum Gasteiger partial charge on any atom is -0.380 e. The summed E-state index contributed by atoms with van der Waals surface area (Å²) in [4.78, 5) is 30.7. The second-order valence-corrected chi connectivity index (χ2v) is 10.5. The van der Waals surface area contributed by atoms with Crippen LogP contribution in [0.15, 0.2) is 55.1 Å². The van der Waals surface area contributed by atoms with Crippen LogP contribution in [0.25, 0.3) is 28.0 Å². The summed E-state index contributed by atoms with van der Waals surface area (Å²) in [6, 6.07) is 11.7. The molecule has 0 bridgehead atoms. The van der Waals surface area contributed by atoms with E-state index in [0.29, 0.717) is 65.3 Å². The zero-order valence-electron chi connectivity index (χ0n) is 21.8. The molecule has 3 aromatic heterocycles. The summed E-state index contributed by atoms with van der Waals surface area (Å²) < 4.78 is 16.9. The highest BCUT2D eigenvalue weighted by molar-refractivity contribution is 6.02. The number of carbonyl (C=O) groups excluding carboxylic acids is 1. The Labute approximate surface area is 225 Å². The molecule has 0 radical (unpaired) electrons. The van der Waals surface area contributed by atoms with Crippen LogP contribution < -0.4 is 4.90 Å². The molecule has 1 N–H and O–H groups in total. The van der Waals surface area contributed by atoms with Crippen LogP contribution in [-0.4, -0.2) is 66.2 Å². The monoisotopic (exact) mass is 525 g/mol. The van der Waals surface area contributed by atoms with E-state index in [0.717, 1.165) is 6.42 Å². The zero-order valence-corrected chi connectivity index (χ0v) is 21.8. The number of anilines is 1. The third-order valence-electron chi connectivity index (χ3n) is 7.95. The number of fused-ring (bicyclic) bond motifs is 1. The van der Waals surface area contributed by atoms with E-state index in [1.54, 1.807) is 52.2 Å². The fraction of sp³-hybridized carbons (Fsp3) is 0.345. The Hall–Kier alpha value is -4.36. The first-order valence-electron chi connectivity index (χ1n) is 13.1. The van der Waals surface area contributed by atoms with E-state index < -0.39 is 5.60 Å². The zero-order chi connectivity index (χ0) is 27.3. The Morgan fingerprint density at radius 2 is 1.90 bits per heavy atom. The Morgan fingerprint density at radius 3 is 2.62 bits per heavy atom. The highest BCUT2D eigenvalue weighted by Crippen LogP contribution is 2.40. The van der Waals surface area contributed by atoms with Gasteiger partial charge in [0.25, 0.3) is 5.91 Å². The number of rotatable bonds is 4. The molecule has 1 saturated carbocycles. The maximum atomic E-state index is 15.1. The van der Waals surface area contributed by atoms with Gasteiger partial charge >= 0.3 is 0 Å². The Balaban J connectivity index is 1.48. The Bertz CT molecular complexity index is 1620. The molecule has 6 rings (SSSR count). The molecule has 1 aliphatic heterocycles. The minimum atomic E-state index is -1.25. The summed E-state index contributed by atoms with van der Waals surface area (Å²) in [6.45, 7) is 4.90.